The molecular formula is C17H26BNO3. The van der Waals surface area contributed by atoms with Gasteiger partial charge < -0.3 is 19.8 Å². The van der Waals surface area contributed by atoms with E-state index in [1.54, 1.807) is 7.11 Å². The summed E-state index contributed by atoms with van der Waals surface area (Å²) in [6.45, 7) is 10.6. The Labute approximate surface area is 133 Å². The fraction of sp³-hybridized carbons (Fsp3) is 0.529. The molecule has 0 unspecified atom stereocenters. The van der Waals surface area contributed by atoms with Crippen LogP contribution < -0.4 is 10.5 Å². The number of nitrogens with two attached hydrogens (primary N) is 1. The minimum atomic E-state index is -0.415. The molecule has 0 saturated carbocycles. The summed E-state index contributed by atoms with van der Waals surface area (Å²) in [7, 11) is 1.26. The minimum absolute atomic E-state index is 0.364. The van der Waals surface area contributed by atoms with Crippen molar-refractivity contribution in [2.75, 3.05) is 13.7 Å². The first-order valence-corrected chi connectivity index (χ1v) is 7.61. The molecule has 1 aliphatic heterocycles. The summed E-state index contributed by atoms with van der Waals surface area (Å²) >= 11 is 0. The largest absolute Gasteiger partial charge is 0.496 e. The van der Waals surface area contributed by atoms with Crippen LogP contribution in [-0.2, 0) is 9.31 Å². The van der Waals surface area contributed by atoms with Gasteiger partial charge in [-0.15, -0.1) is 0 Å². The quantitative estimate of drug-likeness (QED) is 0.869. The van der Waals surface area contributed by atoms with Gasteiger partial charge in [-0.05, 0) is 57.3 Å². The predicted octanol–water partition coefficient (Wildman–Crippen LogP) is 2.98. The first kappa shape index (κ1) is 17.1. The van der Waals surface area contributed by atoms with E-state index in [1.807, 2.05) is 58.9 Å². The fourth-order valence-corrected chi connectivity index (χ4v) is 2.36. The lowest BCUT2D eigenvalue weighted by molar-refractivity contribution is 0.00578. The zero-order valence-electron chi connectivity index (χ0n) is 14.4. The molecule has 1 aromatic rings. The van der Waals surface area contributed by atoms with Crippen LogP contribution in [0.15, 0.2) is 23.7 Å². The van der Waals surface area contributed by atoms with Crippen molar-refractivity contribution in [2.45, 2.75) is 45.8 Å². The molecule has 0 aromatic heterocycles. The van der Waals surface area contributed by atoms with E-state index in [9.17, 15) is 0 Å². The molecular weight excluding hydrogens is 277 g/mol. The van der Waals surface area contributed by atoms with E-state index < -0.39 is 7.12 Å². The van der Waals surface area contributed by atoms with Crippen LogP contribution in [-0.4, -0.2) is 32.0 Å². The standard InChI is InChI=1S/C17H26BNO3/c1-12-7-8-13(10-15(12)20-6)9-14(11-19)18-21-16(2,3)17(4,5)22-18/h7-10H,11,19H2,1-6H3. The molecule has 0 aliphatic carbocycles. The second-order valence-electron chi connectivity index (χ2n) is 6.74. The molecule has 1 saturated heterocycles. The van der Waals surface area contributed by atoms with E-state index in [2.05, 4.69) is 0 Å². The number of hydrogen-bond acceptors (Lipinski definition) is 4. The molecule has 0 amide bonds. The third kappa shape index (κ3) is 3.22. The number of methoxy groups -OCH3 is 1. The lowest BCUT2D eigenvalue weighted by Gasteiger charge is -2.32. The molecule has 1 aromatic carbocycles. The summed E-state index contributed by atoms with van der Waals surface area (Å²) < 4.78 is 17.5. The molecule has 0 bridgehead atoms. The van der Waals surface area contributed by atoms with Gasteiger partial charge in [0.25, 0.3) is 0 Å². The molecule has 0 atom stereocenters. The van der Waals surface area contributed by atoms with Crippen LogP contribution >= 0.6 is 0 Å². The monoisotopic (exact) mass is 303 g/mol. The molecule has 4 nitrogen and oxygen atoms in total. The SMILES string of the molecule is COc1cc(C=C(CN)B2OC(C)(C)C(C)(C)O2)ccc1C. The van der Waals surface area contributed by atoms with Crippen molar-refractivity contribution in [3.8, 4) is 5.75 Å². The van der Waals surface area contributed by atoms with Crippen LogP contribution in [0.4, 0.5) is 0 Å². The van der Waals surface area contributed by atoms with Gasteiger partial charge in [0, 0.05) is 6.54 Å². The topological polar surface area (TPSA) is 53.7 Å². The Morgan fingerprint density at radius 2 is 1.82 bits per heavy atom. The molecule has 0 radical (unpaired) electrons. The highest BCUT2D eigenvalue weighted by molar-refractivity contribution is 6.55. The zero-order chi connectivity index (χ0) is 16.5. The number of benzene rings is 1. The van der Waals surface area contributed by atoms with Gasteiger partial charge in [0.05, 0.1) is 18.3 Å². The summed E-state index contributed by atoms with van der Waals surface area (Å²) in [6.07, 6.45) is 2.02. The molecule has 2 rings (SSSR count). The second kappa shape index (κ2) is 6.07. The molecule has 120 valence electrons. The average Bonchev–Trinajstić information content (AvgIpc) is 2.66. The molecule has 1 heterocycles. The maximum atomic E-state index is 6.07. The van der Waals surface area contributed by atoms with Gasteiger partial charge in [0.15, 0.2) is 0 Å². The van der Waals surface area contributed by atoms with Crippen LogP contribution in [0.2, 0.25) is 0 Å². The summed E-state index contributed by atoms with van der Waals surface area (Å²) in [4.78, 5) is 0. The molecule has 5 heteroatoms. The summed E-state index contributed by atoms with van der Waals surface area (Å²) in [5, 5.41) is 0. The fourth-order valence-electron chi connectivity index (χ4n) is 2.36. The van der Waals surface area contributed by atoms with Gasteiger partial charge in [0.2, 0.25) is 0 Å². The minimum Gasteiger partial charge on any atom is -0.496 e. The number of aryl methyl sites for hydroxylation is 1. The normalized spacial score (nSPS) is 20.3. The lowest BCUT2D eigenvalue weighted by atomic mass is 9.77. The Kier molecular flexibility index (Phi) is 4.71. The lowest BCUT2D eigenvalue weighted by Crippen LogP contribution is -2.41. The van der Waals surface area contributed by atoms with Crippen molar-refractivity contribution < 1.29 is 14.0 Å². The Morgan fingerprint density at radius 1 is 1.23 bits per heavy atom. The van der Waals surface area contributed by atoms with Crippen molar-refractivity contribution >= 4 is 13.2 Å². The van der Waals surface area contributed by atoms with E-state index >= 15 is 0 Å². The van der Waals surface area contributed by atoms with Crippen molar-refractivity contribution in [1.29, 1.82) is 0 Å². The first-order chi connectivity index (χ1) is 10.2. The van der Waals surface area contributed by atoms with E-state index in [1.165, 1.54) is 0 Å². The third-order valence-electron chi connectivity index (χ3n) is 4.58. The summed E-state index contributed by atoms with van der Waals surface area (Å²) in [5.74, 6) is 0.860. The highest BCUT2D eigenvalue weighted by Crippen LogP contribution is 2.38. The second-order valence-corrected chi connectivity index (χ2v) is 6.74. The Balaban J connectivity index is 2.29. The highest BCUT2D eigenvalue weighted by atomic mass is 16.7. The van der Waals surface area contributed by atoms with Crippen molar-refractivity contribution in [3.63, 3.8) is 0 Å². The molecule has 0 spiro atoms. The first-order valence-electron chi connectivity index (χ1n) is 7.61. The van der Waals surface area contributed by atoms with E-state index in [-0.39, 0.29) is 11.2 Å². The Morgan fingerprint density at radius 3 is 2.32 bits per heavy atom. The van der Waals surface area contributed by atoms with Gasteiger partial charge >= 0.3 is 7.12 Å². The maximum Gasteiger partial charge on any atom is 0.491 e. The van der Waals surface area contributed by atoms with Crippen LogP contribution in [0, 0.1) is 6.92 Å². The van der Waals surface area contributed by atoms with Crippen LogP contribution in [0.3, 0.4) is 0 Å². The van der Waals surface area contributed by atoms with Crippen LogP contribution in [0.25, 0.3) is 6.08 Å². The van der Waals surface area contributed by atoms with E-state index in [0.717, 1.165) is 22.3 Å². The van der Waals surface area contributed by atoms with Gasteiger partial charge in [-0.2, -0.15) is 0 Å². The van der Waals surface area contributed by atoms with E-state index in [4.69, 9.17) is 19.8 Å². The smallest absolute Gasteiger partial charge is 0.491 e. The highest BCUT2D eigenvalue weighted by Gasteiger charge is 2.52. The molecule has 2 N–H and O–H groups in total. The number of hydrogen-bond donors (Lipinski definition) is 1. The number of rotatable bonds is 4. The Hall–Kier alpha value is -1.30. The zero-order valence-corrected chi connectivity index (χ0v) is 14.4. The van der Waals surface area contributed by atoms with Crippen molar-refractivity contribution in [3.05, 3.63) is 34.8 Å². The number of ether oxygens (including phenoxy) is 1. The van der Waals surface area contributed by atoms with Gasteiger partial charge in [0.1, 0.15) is 5.75 Å². The molecule has 1 fully saturated rings. The average molecular weight is 303 g/mol. The molecule has 22 heavy (non-hydrogen) atoms. The summed E-state index contributed by atoms with van der Waals surface area (Å²) in [5.41, 5.74) is 8.24. The van der Waals surface area contributed by atoms with Gasteiger partial charge in [-0.3, -0.25) is 0 Å². The molecule has 1 aliphatic rings. The summed E-state index contributed by atoms with van der Waals surface area (Å²) in [6, 6.07) is 6.07. The van der Waals surface area contributed by atoms with Gasteiger partial charge in [-0.1, -0.05) is 18.2 Å². The third-order valence-corrected chi connectivity index (χ3v) is 4.58. The van der Waals surface area contributed by atoms with Crippen molar-refractivity contribution in [1.82, 2.24) is 0 Å². The predicted molar refractivity (Wildman–Crippen MR) is 90.8 cm³/mol. The van der Waals surface area contributed by atoms with Gasteiger partial charge in [-0.25, -0.2) is 0 Å². The van der Waals surface area contributed by atoms with Crippen LogP contribution in [0.5, 0.6) is 5.75 Å². The Bertz CT molecular complexity index is 565. The van der Waals surface area contributed by atoms with Crippen molar-refractivity contribution in [2.24, 2.45) is 5.73 Å². The van der Waals surface area contributed by atoms with E-state index in [0.29, 0.717) is 6.54 Å². The maximum absolute atomic E-state index is 6.07. The van der Waals surface area contributed by atoms with Crippen LogP contribution in [0.1, 0.15) is 38.8 Å².